The summed E-state index contributed by atoms with van der Waals surface area (Å²) in [6.07, 6.45) is 10.8. The zero-order valence-corrected chi connectivity index (χ0v) is 23.8. The monoisotopic (exact) mass is 509 g/mol. The minimum absolute atomic E-state index is 0.00439. The molecule has 0 bridgehead atoms. The van der Waals surface area contributed by atoms with Gasteiger partial charge in [-0.05, 0) is 37.9 Å². The van der Waals surface area contributed by atoms with Crippen LogP contribution in [-0.2, 0) is 27.4 Å². The molecule has 2 aromatic rings. The van der Waals surface area contributed by atoms with Gasteiger partial charge in [0, 0.05) is 19.1 Å². The van der Waals surface area contributed by atoms with Gasteiger partial charge in [0.2, 0.25) is 0 Å². The Hall–Kier alpha value is -1.72. The molecule has 37 heavy (non-hydrogen) atoms. The fourth-order valence-electron chi connectivity index (χ4n) is 5.44. The molecule has 0 aromatic heterocycles. The maximum Gasteiger partial charge on any atom is 0.102 e. The number of ether oxygens (including phenoxy) is 3. The lowest BCUT2D eigenvalue weighted by molar-refractivity contribution is -0.0951. The molecule has 0 aliphatic heterocycles. The molecule has 1 unspecified atom stereocenters. The molecule has 3 rings (SSSR count). The molecule has 5 atom stereocenters. The Morgan fingerprint density at radius 1 is 0.730 bits per heavy atom. The van der Waals surface area contributed by atoms with Crippen molar-refractivity contribution >= 4 is 0 Å². The molecular weight excluding hydrogens is 458 g/mol. The lowest BCUT2D eigenvalue weighted by atomic mass is 10.0. The van der Waals surface area contributed by atoms with E-state index in [4.69, 9.17) is 14.2 Å². The predicted octanol–water partition coefficient (Wildman–Crippen LogP) is 7.80. The summed E-state index contributed by atoms with van der Waals surface area (Å²) >= 11 is 0. The standard InChI is InChI=1S/C33H51NO3/c1-5-7-9-10-17-23-35-33-31(37-26-29-21-15-12-16-22-29)24-30(36-25-28-19-13-11-14-20-28)32(33)34(4)27(3)18-8-6-2/h11-16,19-22,27,30-33H,5-10,17-18,23-26H2,1-4H3/t27?,30-,31+,32+,33+/m1/s1. The second-order valence-corrected chi connectivity index (χ2v) is 10.8. The Balaban J connectivity index is 1.74. The summed E-state index contributed by atoms with van der Waals surface area (Å²) in [5.41, 5.74) is 2.42. The third-order valence-electron chi connectivity index (χ3n) is 7.86. The molecule has 0 amide bonds. The van der Waals surface area contributed by atoms with E-state index in [0.29, 0.717) is 19.3 Å². The summed E-state index contributed by atoms with van der Waals surface area (Å²) in [5.74, 6) is 0. The van der Waals surface area contributed by atoms with Crippen LogP contribution in [-0.4, -0.2) is 49.0 Å². The van der Waals surface area contributed by atoms with E-state index in [1.807, 2.05) is 0 Å². The van der Waals surface area contributed by atoms with Crippen molar-refractivity contribution < 1.29 is 14.2 Å². The number of rotatable bonds is 18. The quantitative estimate of drug-likeness (QED) is 0.192. The van der Waals surface area contributed by atoms with Crippen molar-refractivity contribution in [3.8, 4) is 0 Å². The van der Waals surface area contributed by atoms with Gasteiger partial charge in [0.15, 0.2) is 0 Å². The van der Waals surface area contributed by atoms with E-state index in [2.05, 4.69) is 93.4 Å². The van der Waals surface area contributed by atoms with Crippen LogP contribution < -0.4 is 0 Å². The highest BCUT2D eigenvalue weighted by molar-refractivity contribution is 5.15. The van der Waals surface area contributed by atoms with Crippen LogP contribution in [0.2, 0.25) is 0 Å². The molecule has 0 N–H and O–H groups in total. The van der Waals surface area contributed by atoms with Gasteiger partial charge in [-0.2, -0.15) is 0 Å². The van der Waals surface area contributed by atoms with Crippen LogP contribution in [0.1, 0.15) is 89.7 Å². The normalized spacial score (nSPS) is 22.5. The molecule has 1 aliphatic carbocycles. The maximum absolute atomic E-state index is 6.71. The Labute approximate surface area is 226 Å². The van der Waals surface area contributed by atoms with Gasteiger partial charge in [0.05, 0.1) is 31.5 Å². The Bertz CT molecular complexity index is 830. The lowest BCUT2D eigenvalue weighted by Gasteiger charge is -2.38. The molecule has 2 aromatic carbocycles. The minimum Gasteiger partial charge on any atom is -0.374 e. The molecule has 1 saturated carbocycles. The Morgan fingerprint density at radius 3 is 1.89 bits per heavy atom. The first-order valence-electron chi connectivity index (χ1n) is 14.8. The average molecular weight is 510 g/mol. The summed E-state index contributed by atoms with van der Waals surface area (Å²) in [6.45, 7) is 8.90. The number of unbranched alkanes of at least 4 members (excludes halogenated alkanes) is 5. The van der Waals surface area contributed by atoms with E-state index in [9.17, 15) is 0 Å². The smallest absolute Gasteiger partial charge is 0.102 e. The van der Waals surface area contributed by atoms with Crippen molar-refractivity contribution in [2.75, 3.05) is 13.7 Å². The van der Waals surface area contributed by atoms with Crippen LogP contribution >= 0.6 is 0 Å². The third-order valence-corrected chi connectivity index (χ3v) is 7.86. The molecular formula is C33H51NO3. The van der Waals surface area contributed by atoms with Gasteiger partial charge in [-0.25, -0.2) is 0 Å². The minimum atomic E-state index is 0.00439. The average Bonchev–Trinajstić information content (AvgIpc) is 3.29. The second-order valence-electron chi connectivity index (χ2n) is 10.8. The first-order chi connectivity index (χ1) is 18.1. The number of benzene rings is 2. The van der Waals surface area contributed by atoms with Gasteiger partial charge in [-0.15, -0.1) is 0 Å². The molecule has 0 spiro atoms. The largest absolute Gasteiger partial charge is 0.374 e. The van der Waals surface area contributed by atoms with E-state index in [1.54, 1.807) is 0 Å². The van der Waals surface area contributed by atoms with E-state index in [-0.39, 0.29) is 24.4 Å². The van der Waals surface area contributed by atoms with E-state index in [0.717, 1.165) is 19.4 Å². The Kier molecular flexibility index (Phi) is 13.7. The lowest BCUT2D eigenvalue weighted by Crippen LogP contribution is -2.51. The summed E-state index contributed by atoms with van der Waals surface area (Å²) in [7, 11) is 2.26. The third kappa shape index (κ3) is 9.83. The molecule has 1 fully saturated rings. The van der Waals surface area contributed by atoms with Gasteiger partial charge in [-0.3, -0.25) is 4.90 Å². The fraction of sp³-hybridized carbons (Fsp3) is 0.636. The number of hydrogen-bond donors (Lipinski definition) is 0. The van der Waals surface area contributed by atoms with E-state index >= 15 is 0 Å². The first-order valence-corrected chi connectivity index (χ1v) is 14.8. The molecule has 0 saturated heterocycles. The molecule has 1 aliphatic rings. The highest BCUT2D eigenvalue weighted by Gasteiger charge is 2.48. The predicted molar refractivity (Wildman–Crippen MR) is 154 cm³/mol. The second kappa shape index (κ2) is 17.0. The summed E-state index contributed by atoms with van der Waals surface area (Å²) in [5, 5.41) is 0. The van der Waals surface area contributed by atoms with Crippen LogP contribution in [0.25, 0.3) is 0 Å². The van der Waals surface area contributed by atoms with Crippen LogP contribution in [0, 0.1) is 0 Å². The number of nitrogens with zero attached hydrogens (tertiary/aromatic N) is 1. The fourth-order valence-corrected chi connectivity index (χ4v) is 5.44. The van der Waals surface area contributed by atoms with Crippen molar-refractivity contribution in [1.82, 2.24) is 4.90 Å². The number of hydrogen-bond acceptors (Lipinski definition) is 4. The van der Waals surface area contributed by atoms with Gasteiger partial charge >= 0.3 is 0 Å². The van der Waals surface area contributed by atoms with Gasteiger partial charge in [0.1, 0.15) is 6.10 Å². The van der Waals surface area contributed by atoms with Crippen molar-refractivity contribution in [2.24, 2.45) is 0 Å². The van der Waals surface area contributed by atoms with E-state index < -0.39 is 0 Å². The van der Waals surface area contributed by atoms with Crippen molar-refractivity contribution in [1.29, 1.82) is 0 Å². The zero-order chi connectivity index (χ0) is 26.3. The van der Waals surface area contributed by atoms with Crippen LogP contribution in [0.3, 0.4) is 0 Å². The van der Waals surface area contributed by atoms with E-state index in [1.165, 1.54) is 56.1 Å². The van der Waals surface area contributed by atoms with Gasteiger partial charge in [0.25, 0.3) is 0 Å². The van der Waals surface area contributed by atoms with Crippen molar-refractivity contribution in [3.63, 3.8) is 0 Å². The first kappa shape index (κ1) is 29.8. The Morgan fingerprint density at radius 2 is 1.30 bits per heavy atom. The van der Waals surface area contributed by atoms with Crippen LogP contribution in [0.5, 0.6) is 0 Å². The number of likely N-dealkylation sites (N-methyl/N-ethyl adjacent to an activating group) is 1. The topological polar surface area (TPSA) is 30.9 Å². The molecule has 206 valence electrons. The highest BCUT2D eigenvalue weighted by atomic mass is 16.6. The highest BCUT2D eigenvalue weighted by Crippen LogP contribution is 2.34. The molecule has 0 radical (unpaired) electrons. The maximum atomic E-state index is 6.71. The van der Waals surface area contributed by atoms with Gasteiger partial charge in [-0.1, -0.05) is 113 Å². The SMILES string of the molecule is CCCCCCCO[C@@H]1[C@@H](N(C)C(C)CCCC)[C@H](OCc2ccccc2)C[C@@H]1OCc1ccccc1. The zero-order valence-electron chi connectivity index (χ0n) is 23.8. The molecule has 4 heteroatoms. The van der Waals surface area contributed by atoms with Gasteiger partial charge < -0.3 is 14.2 Å². The molecule has 4 nitrogen and oxygen atoms in total. The molecule has 0 heterocycles. The van der Waals surface area contributed by atoms with Crippen molar-refractivity contribution in [2.45, 2.75) is 122 Å². The summed E-state index contributed by atoms with van der Waals surface area (Å²) in [6, 6.07) is 21.6. The van der Waals surface area contributed by atoms with Crippen LogP contribution in [0.4, 0.5) is 0 Å². The van der Waals surface area contributed by atoms with Crippen molar-refractivity contribution in [3.05, 3.63) is 71.8 Å². The summed E-state index contributed by atoms with van der Waals surface area (Å²) in [4.78, 5) is 2.53. The summed E-state index contributed by atoms with van der Waals surface area (Å²) < 4.78 is 19.9. The van der Waals surface area contributed by atoms with Crippen LogP contribution in [0.15, 0.2) is 60.7 Å².